The van der Waals surface area contributed by atoms with Gasteiger partial charge in [0.25, 0.3) is 0 Å². The van der Waals surface area contributed by atoms with Gasteiger partial charge in [-0.2, -0.15) is 0 Å². The highest BCUT2D eigenvalue weighted by atomic mass is 32.2. The number of amides is 2. The first kappa shape index (κ1) is 26.6. The van der Waals surface area contributed by atoms with Gasteiger partial charge in [-0.05, 0) is 36.0 Å². The summed E-state index contributed by atoms with van der Waals surface area (Å²) in [6.07, 6.45) is 8.63. The molecule has 3 rings (SSSR count). The summed E-state index contributed by atoms with van der Waals surface area (Å²) < 4.78 is 25.6. The number of sulfone groups is 1. The van der Waals surface area contributed by atoms with Crippen molar-refractivity contribution in [2.45, 2.75) is 48.8 Å². The van der Waals surface area contributed by atoms with E-state index in [1.165, 1.54) is 6.07 Å². The van der Waals surface area contributed by atoms with Crippen LogP contribution < -0.4 is 16.7 Å². The first-order chi connectivity index (χ1) is 16.7. The summed E-state index contributed by atoms with van der Waals surface area (Å²) in [4.78, 5) is 26.8. The summed E-state index contributed by atoms with van der Waals surface area (Å²) >= 11 is 0. The predicted octanol–water partition coefficient (Wildman–Crippen LogP) is 3.12. The Morgan fingerprint density at radius 3 is 2.34 bits per heavy atom. The Morgan fingerprint density at radius 2 is 1.74 bits per heavy atom. The van der Waals surface area contributed by atoms with Crippen molar-refractivity contribution in [3.05, 3.63) is 71.8 Å². The van der Waals surface area contributed by atoms with E-state index in [0.717, 1.165) is 37.5 Å². The zero-order chi connectivity index (χ0) is 25.5. The number of hydrogen-bond acceptors (Lipinski definition) is 6. The number of nitrogens with one attached hydrogen (secondary N) is 2. The van der Waals surface area contributed by atoms with Crippen molar-refractivity contribution in [1.82, 2.24) is 10.9 Å². The average Bonchev–Trinajstić information content (AvgIpc) is 3.38. The molecule has 0 unspecified atom stereocenters. The summed E-state index contributed by atoms with van der Waals surface area (Å²) in [5.41, 5.74) is 3.39. The molecule has 1 aliphatic carbocycles. The molecule has 0 spiro atoms. The average molecular weight is 500 g/mol. The van der Waals surface area contributed by atoms with Crippen LogP contribution in [-0.4, -0.2) is 31.7 Å². The molecule has 0 saturated heterocycles. The maximum absolute atomic E-state index is 13.7. The van der Waals surface area contributed by atoms with E-state index in [0.29, 0.717) is 0 Å². The molecule has 188 valence electrons. The largest absolute Gasteiger partial charge is 0.293 e. The lowest BCUT2D eigenvalue weighted by Crippen LogP contribution is -2.56. The maximum Gasteiger partial charge on any atom is 0.248 e. The molecule has 1 saturated carbocycles. The summed E-state index contributed by atoms with van der Waals surface area (Å²) in [5.74, 6) is 3.18. The third kappa shape index (κ3) is 5.98. The second-order valence-electron chi connectivity index (χ2n) is 9.15. The molecule has 8 nitrogen and oxygen atoms in total. The smallest absolute Gasteiger partial charge is 0.248 e. The lowest BCUT2D eigenvalue weighted by molar-refractivity contribution is -0.143. The zero-order valence-electron chi connectivity index (χ0n) is 19.8. The lowest BCUT2D eigenvalue weighted by Gasteiger charge is -2.40. The van der Waals surface area contributed by atoms with E-state index in [1.807, 2.05) is 36.4 Å². The monoisotopic (exact) mass is 499 g/mol. The van der Waals surface area contributed by atoms with Crippen LogP contribution in [-0.2, 0) is 24.8 Å². The molecule has 5 N–H and O–H groups in total. The molecule has 2 aromatic rings. The number of hydrazine groups is 1. The fourth-order valence-corrected chi connectivity index (χ4v) is 6.26. The molecule has 2 aromatic carbocycles. The van der Waals surface area contributed by atoms with Gasteiger partial charge in [0, 0.05) is 6.26 Å². The maximum atomic E-state index is 13.7. The minimum atomic E-state index is -3.75. The van der Waals surface area contributed by atoms with Gasteiger partial charge in [-0.25, -0.2) is 19.7 Å². The lowest BCUT2D eigenvalue weighted by atomic mass is 9.63. The van der Waals surface area contributed by atoms with Crippen LogP contribution in [0.1, 0.15) is 49.7 Å². The number of carbonyl (C=O) groups is 2. The molecule has 2 amide bonds. The van der Waals surface area contributed by atoms with Crippen LogP contribution >= 0.6 is 0 Å². The van der Waals surface area contributed by atoms with E-state index in [-0.39, 0.29) is 29.2 Å². The van der Waals surface area contributed by atoms with Crippen LogP contribution in [0.25, 0.3) is 6.08 Å². The molecule has 0 radical (unpaired) electrons. The SMILES string of the molecule is CS(=O)(=O)c1ccccc1[C@](CC1CCCC1)(C(=O)NN)[C@H](C/C=C/c1ccccc1)C(=O)NO. The number of benzene rings is 2. The summed E-state index contributed by atoms with van der Waals surface area (Å²) in [6.45, 7) is 0. The van der Waals surface area contributed by atoms with Crippen LogP contribution in [0.5, 0.6) is 0 Å². The number of rotatable bonds is 10. The molecule has 0 bridgehead atoms. The third-order valence-corrected chi connectivity index (χ3v) is 8.05. The number of hydrogen-bond donors (Lipinski definition) is 4. The van der Waals surface area contributed by atoms with Crippen LogP contribution in [0, 0.1) is 11.8 Å². The normalized spacial score (nSPS) is 17.1. The molecule has 0 heterocycles. The van der Waals surface area contributed by atoms with E-state index in [1.54, 1.807) is 29.8 Å². The standard InChI is InChI=1S/C26H33N3O5S/c1-35(33,34)23-17-8-7-15-21(23)26(25(31)28-27,18-20-12-5-6-13-20)22(24(30)29-32)16-9-14-19-10-3-2-4-11-19/h2-4,7-11,14-15,17,20,22,32H,5-6,12-13,16,18,27H2,1H3,(H,28,31)(H,29,30)/b14-9+/t22-,26+/m1/s1. The van der Waals surface area contributed by atoms with Crippen molar-refractivity contribution >= 4 is 27.7 Å². The second kappa shape index (κ2) is 11.6. The Bertz CT molecular complexity index is 1160. The van der Waals surface area contributed by atoms with Gasteiger partial charge >= 0.3 is 0 Å². The Kier molecular flexibility index (Phi) is 8.82. The quantitative estimate of drug-likeness (QED) is 0.171. The number of allylic oxidation sites excluding steroid dienone is 1. The van der Waals surface area contributed by atoms with Crippen molar-refractivity contribution in [1.29, 1.82) is 0 Å². The van der Waals surface area contributed by atoms with Gasteiger partial charge in [0.15, 0.2) is 9.84 Å². The van der Waals surface area contributed by atoms with Gasteiger partial charge in [-0.3, -0.25) is 20.2 Å². The summed E-state index contributed by atoms with van der Waals surface area (Å²) in [6, 6.07) is 15.7. The van der Waals surface area contributed by atoms with Gasteiger partial charge in [0.05, 0.1) is 16.2 Å². The van der Waals surface area contributed by atoms with Crippen molar-refractivity contribution in [3.63, 3.8) is 0 Å². The Labute approximate surface area is 206 Å². The van der Waals surface area contributed by atoms with Crippen molar-refractivity contribution in [3.8, 4) is 0 Å². The van der Waals surface area contributed by atoms with Crippen molar-refractivity contribution in [2.75, 3.05) is 6.26 Å². The zero-order valence-corrected chi connectivity index (χ0v) is 20.6. The molecule has 0 aliphatic heterocycles. The summed E-state index contributed by atoms with van der Waals surface area (Å²) in [5, 5.41) is 9.67. The van der Waals surface area contributed by atoms with E-state index < -0.39 is 33.0 Å². The van der Waals surface area contributed by atoms with E-state index in [4.69, 9.17) is 5.84 Å². The van der Waals surface area contributed by atoms with Gasteiger partial charge in [0.2, 0.25) is 11.8 Å². The molecule has 9 heteroatoms. The minimum absolute atomic E-state index is 0.0376. The predicted molar refractivity (Wildman–Crippen MR) is 134 cm³/mol. The van der Waals surface area contributed by atoms with Crippen LogP contribution in [0.3, 0.4) is 0 Å². The molecule has 0 aromatic heterocycles. The van der Waals surface area contributed by atoms with Crippen LogP contribution in [0.2, 0.25) is 0 Å². The van der Waals surface area contributed by atoms with E-state index >= 15 is 0 Å². The van der Waals surface area contributed by atoms with Gasteiger partial charge in [-0.1, -0.05) is 86.4 Å². The molecule has 2 atom stereocenters. The Morgan fingerprint density at radius 1 is 1.11 bits per heavy atom. The minimum Gasteiger partial charge on any atom is -0.293 e. The van der Waals surface area contributed by atoms with E-state index in [9.17, 15) is 23.2 Å². The van der Waals surface area contributed by atoms with Gasteiger partial charge in [-0.15, -0.1) is 0 Å². The number of nitrogens with two attached hydrogens (primary N) is 1. The fourth-order valence-electron chi connectivity index (χ4n) is 5.28. The second-order valence-corrected chi connectivity index (χ2v) is 11.1. The molecular formula is C26H33N3O5S. The molecular weight excluding hydrogens is 466 g/mol. The first-order valence-electron chi connectivity index (χ1n) is 11.7. The topological polar surface area (TPSA) is 139 Å². The van der Waals surface area contributed by atoms with Crippen molar-refractivity contribution in [2.24, 2.45) is 17.7 Å². The van der Waals surface area contributed by atoms with Crippen LogP contribution in [0.4, 0.5) is 0 Å². The van der Waals surface area contributed by atoms with Crippen LogP contribution in [0.15, 0.2) is 65.6 Å². The Hall–Kier alpha value is -3.01. The molecule has 35 heavy (non-hydrogen) atoms. The van der Waals surface area contributed by atoms with Crippen molar-refractivity contribution < 1.29 is 23.2 Å². The third-order valence-electron chi connectivity index (χ3n) is 6.89. The first-order valence-corrected chi connectivity index (χ1v) is 13.6. The highest BCUT2D eigenvalue weighted by molar-refractivity contribution is 7.90. The summed E-state index contributed by atoms with van der Waals surface area (Å²) in [7, 11) is -3.75. The number of hydroxylamine groups is 1. The fraction of sp³-hybridized carbons (Fsp3) is 0.385. The van der Waals surface area contributed by atoms with Gasteiger partial charge in [0.1, 0.15) is 0 Å². The molecule has 1 fully saturated rings. The number of carbonyl (C=O) groups excluding carboxylic acids is 2. The van der Waals surface area contributed by atoms with Gasteiger partial charge < -0.3 is 0 Å². The molecule has 1 aliphatic rings. The Balaban J connectivity index is 2.23. The highest BCUT2D eigenvalue weighted by Gasteiger charge is 2.52. The highest BCUT2D eigenvalue weighted by Crippen LogP contribution is 2.46. The van der Waals surface area contributed by atoms with E-state index in [2.05, 4.69) is 5.43 Å².